The second kappa shape index (κ2) is 7.41. The molecule has 0 bridgehead atoms. The van der Waals surface area contributed by atoms with Crippen molar-refractivity contribution in [3.8, 4) is 5.75 Å². The summed E-state index contributed by atoms with van der Waals surface area (Å²) in [5, 5.41) is 20.9. The molecule has 104 valence electrons. The van der Waals surface area contributed by atoms with Gasteiger partial charge in [0.25, 0.3) is 0 Å². The maximum absolute atomic E-state index is 11.7. The number of hydrogen-bond donors (Lipinski definition) is 3. The van der Waals surface area contributed by atoms with Crippen LogP contribution >= 0.6 is 0 Å². The third kappa shape index (κ3) is 5.42. The summed E-state index contributed by atoms with van der Waals surface area (Å²) >= 11 is 0. The second-order valence-electron chi connectivity index (χ2n) is 4.40. The number of benzene rings is 1. The molecule has 1 unspecified atom stereocenters. The average molecular weight is 265 g/mol. The van der Waals surface area contributed by atoms with Gasteiger partial charge in [-0.2, -0.15) is 0 Å². The molecule has 19 heavy (non-hydrogen) atoms. The molecule has 0 aliphatic carbocycles. The number of carbonyl (C=O) groups excluding carboxylic acids is 1. The Bertz CT molecular complexity index is 445. The predicted octanol–water partition coefficient (Wildman–Crippen LogP) is 1.69. The van der Waals surface area contributed by atoms with Crippen molar-refractivity contribution in [2.45, 2.75) is 38.6 Å². The van der Waals surface area contributed by atoms with Crippen LogP contribution in [0.1, 0.15) is 31.7 Å². The summed E-state index contributed by atoms with van der Waals surface area (Å²) in [5.74, 6) is -0.947. The first-order chi connectivity index (χ1) is 9.02. The Kier molecular flexibility index (Phi) is 5.85. The number of carboxylic acid groups (broad SMARTS) is 1. The van der Waals surface area contributed by atoms with Gasteiger partial charge in [0.2, 0.25) is 5.91 Å². The van der Waals surface area contributed by atoms with Gasteiger partial charge in [-0.3, -0.25) is 9.59 Å². The lowest BCUT2D eigenvalue weighted by molar-refractivity contribution is -0.137. The highest BCUT2D eigenvalue weighted by molar-refractivity contribution is 5.77. The van der Waals surface area contributed by atoms with Crippen molar-refractivity contribution in [1.29, 1.82) is 0 Å². The first-order valence-corrected chi connectivity index (χ1v) is 6.31. The largest absolute Gasteiger partial charge is 0.508 e. The van der Waals surface area contributed by atoms with Crippen LogP contribution in [0.25, 0.3) is 0 Å². The van der Waals surface area contributed by atoms with Gasteiger partial charge in [0, 0.05) is 12.5 Å². The van der Waals surface area contributed by atoms with Gasteiger partial charge >= 0.3 is 5.97 Å². The van der Waals surface area contributed by atoms with E-state index in [0.717, 1.165) is 0 Å². The number of amides is 1. The Labute approximate surface area is 112 Å². The van der Waals surface area contributed by atoms with Gasteiger partial charge in [0.15, 0.2) is 0 Å². The summed E-state index contributed by atoms with van der Waals surface area (Å²) in [7, 11) is 0. The molecular weight excluding hydrogens is 246 g/mol. The monoisotopic (exact) mass is 265 g/mol. The quantitative estimate of drug-likeness (QED) is 0.700. The predicted molar refractivity (Wildman–Crippen MR) is 70.9 cm³/mol. The fourth-order valence-corrected chi connectivity index (χ4v) is 1.78. The van der Waals surface area contributed by atoms with Crippen LogP contribution in [0.15, 0.2) is 24.3 Å². The Morgan fingerprint density at radius 2 is 2.00 bits per heavy atom. The van der Waals surface area contributed by atoms with Gasteiger partial charge in [-0.1, -0.05) is 25.1 Å². The van der Waals surface area contributed by atoms with Crippen molar-refractivity contribution in [2.24, 2.45) is 0 Å². The number of carbonyl (C=O) groups is 2. The number of hydrogen-bond acceptors (Lipinski definition) is 3. The van der Waals surface area contributed by atoms with Gasteiger partial charge in [-0.25, -0.2) is 0 Å². The first kappa shape index (κ1) is 15.0. The van der Waals surface area contributed by atoms with E-state index < -0.39 is 5.97 Å². The van der Waals surface area contributed by atoms with Crippen molar-refractivity contribution in [2.75, 3.05) is 0 Å². The number of aryl methyl sites for hydroxylation is 1. The van der Waals surface area contributed by atoms with E-state index in [1.807, 2.05) is 6.92 Å². The molecule has 0 aliphatic heterocycles. The van der Waals surface area contributed by atoms with Crippen molar-refractivity contribution in [3.63, 3.8) is 0 Å². The number of para-hydroxylation sites is 1. The van der Waals surface area contributed by atoms with E-state index in [0.29, 0.717) is 18.4 Å². The highest BCUT2D eigenvalue weighted by Gasteiger charge is 2.14. The fourth-order valence-electron chi connectivity index (χ4n) is 1.78. The maximum Gasteiger partial charge on any atom is 0.305 e. The molecule has 0 aromatic heterocycles. The lowest BCUT2D eigenvalue weighted by Crippen LogP contribution is -2.36. The number of phenolic OH excluding ortho intramolecular Hbond substituents is 1. The Morgan fingerprint density at radius 3 is 2.58 bits per heavy atom. The number of aromatic hydroxyl groups is 1. The van der Waals surface area contributed by atoms with E-state index in [1.165, 1.54) is 0 Å². The van der Waals surface area contributed by atoms with Crippen LogP contribution in [-0.4, -0.2) is 28.1 Å². The molecule has 0 heterocycles. The van der Waals surface area contributed by atoms with Crippen molar-refractivity contribution in [1.82, 2.24) is 5.32 Å². The molecule has 0 aliphatic rings. The minimum absolute atomic E-state index is 0.0706. The van der Waals surface area contributed by atoms with Gasteiger partial charge in [-0.15, -0.1) is 0 Å². The highest BCUT2D eigenvalue weighted by Crippen LogP contribution is 2.17. The zero-order valence-electron chi connectivity index (χ0n) is 10.9. The van der Waals surface area contributed by atoms with Crippen molar-refractivity contribution < 1.29 is 19.8 Å². The Balaban J connectivity index is 2.43. The third-order valence-corrected chi connectivity index (χ3v) is 2.89. The summed E-state index contributed by atoms with van der Waals surface area (Å²) in [6.45, 7) is 1.83. The van der Waals surface area contributed by atoms with E-state index >= 15 is 0 Å². The summed E-state index contributed by atoms with van der Waals surface area (Å²) in [5.41, 5.74) is 0.712. The van der Waals surface area contributed by atoms with Gasteiger partial charge in [-0.05, 0) is 24.5 Å². The fraction of sp³-hybridized carbons (Fsp3) is 0.429. The van der Waals surface area contributed by atoms with E-state index in [-0.39, 0.29) is 30.5 Å². The number of nitrogens with one attached hydrogen (secondary N) is 1. The number of carboxylic acids is 1. The smallest absolute Gasteiger partial charge is 0.305 e. The summed E-state index contributed by atoms with van der Waals surface area (Å²) in [4.78, 5) is 22.3. The lowest BCUT2D eigenvalue weighted by Gasteiger charge is -2.14. The number of aliphatic carboxylic acids is 1. The van der Waals surface area contributed by atoms with Crippen molar-refractivity contribution in [3.05, 3.63) is 29.8 Å². The van der Waals surface area contributed by atoms with E-state index in [2.05, 4.69) is 5.32 Å². The normalized spacial score (nSPS) is 11.8. The van der Waals surface area contributed by atoms with Crippen LogP contribution in [0.4, 0.5) is 0 Å². The summed E-state index contributed by atoms with van der Waals surface area (Å²) < 4.78 is 0. The zero-order valence-corrected chi connectivity index (χ0v) is 10.9. The van der Waals surface area contributed by atoms with E-state index in [1.54, 1.807) is 24.3 Å². The van der Waals surface area contributed by atoms with E-state index in [9.17, 15) is 14.7 Å². The lowest BCUT2D eigenvalue weighted by atomic mass is 10.1. The number of rotatable bonds is 7. The Morgan fingerprint density at radius 1 is 1.32 bits per heavy atom. The topological polar surface area (TPSA) is 86.6 Å². The molecule has 1 rings (SSSR count). The Hall–Kier alpha value is -2.04. The van der Waals surface area contributed by atoms with E-state index in [4.69, 9.17) is 5.11 Å². The molecule has 0 fully saturated rings. The van der Waals surface area contributed by atoms with Gasteiger partial charge in [0.1, 0.15) is 5.75 Å². The molecule has 1 aromatic rings. The first-order valence-electron chi connectivity index (χ1n) is 6.31. The minimum Gasteiger partial charge on any atom is -0.508 e. The van der Waals surface area contributed by atoms with Crippen LogP contribution in [0.2, 0.25) is 0 Å². The molecule has 1 atom stereocenters. The highest BCUT2D eigenvalue weighted by atomic mass is 16.4. The minimum atomic E-state index is -0.923. The molecule has 3 N–H and O–H groups in total. The molecule has 5 heteroatoms. The van der Waals surface area contributed by atoms with Crippen LogP contribution in [0, 0.1) is 0 Å². The van der Waals surface area contributed by atoms with Crippen LogP contribution in [0.3, 0.4) is 0 Å². The zero-order chi connectivity index (χ0) is 14.3. The van der Waals surface area contributed by atoms with Crippen LogP contribution in [0.5, 0.6) is 5.75 Å². The number of phenols is 1. The standard InChI is InChI=1S/C14H19NO4/c1-2-11(9-14(18)19)15-13(17)8-7-10-5-3-4-6-12(10)16/h3-6,11,16H,2,7-9H2,1H3,(H,15,17)(H,18,19). The SMILES string of the molecule is CCC(CC(=O)O)NC(=O)CCc1ccccc1O. The second-order valence-corrected chi connectivity index (χ2v) is 4.40. The van der Waals surface area contributed by atoms with Crippen LogP contribution in [-0.2, 0) is 16.0 Å². The molecule has 5 nitrogen and oxygen atoms in total. The van der Waals surface area contributed by atoms with Gasteiger partial charge in [0.05, 0.1) is 6.42 Å². The molecule has 0 spiro atoms. The molecular formula is C14H19NO4. The average Bonchev–Trinajstić information content (AvgIpc) is 2.36. The maximum atomic E-state index is 11.7. The molecule has 0 radical (unpaired) electrons. The molecule has 0 saturated carbocycles. The molecule has 0 saturated heterocycles. The molecule has 1 aromatic carbocycles. The molecule has 1 amide bonds. The van der Waals surface area contributed by atoms with Crippen LogP contribution < -0.4 is 5.32 Å². The third-order valence-electron chi connectivity index (χ3n) is 2.89. The van der Waals surface area contributed by atoms with Crippen molar-refractivity contribution >= 4 is 11.9 Å². The van der Waals surface area contributed by atoms with Gasteiger partial charge < -0.3 is 15.5 Å². The summed E-state index contributed by atoms with van der Waals surface area (Å²) in [6, 6.07) is 6.52. The summed E-state index contributed by atoms with van der Waals surface area (Å²) in [6.07, 6.45) is 1.17.